The van der Waals surface area contributed by atoms with Crippen LogP contribution in [-0.4, -0.2) is 24.1 Å². The number of benzene rings is 1. The number of nitrogens with zero attached hydrogens (tertiary/aromatic N) is 2. The highest BCUT2D eigenvalue weighted by Crippen LogP contribution is 2.19. The fourth-order valence-electron chi connectivity index (χ4n) is 1.88. The number of aryl methyl sites for hydroxylation is 2. The van der Waals surface area contributed by atoms with Crippen LogP contribution in [0.4, 0.5) is 11.4 Å². The van der Waals surface area contributed by atoms with Gasteiger partial charge in [-0.3, -0.25) is 14.2 Å². The minimum atomic E-state index is -3.68. The van der Waals surface area contributed by atoms with Gasteiger partial charge in [-0.2, -0.15) is 5.10 Å². The first-order valence-electron chi connectivity index (χ1n) is 6.18. The Hall–Kier alpha value is -2.35. The number of carbonyl (C=O) groups excluding carboxylic acids is 1. The SMILES string of the molecule is CC(=O)Nc1ccc(NS(=O)(=O)c2cn(C)nc2C)cc1. The van der Waals surface area contributed by atoms with Gasteiger partial charge in [0.2, 0.25) is 5.91 Å². The zero-order valence-corrected chi connectivity index (χ0v) is 12.7. The minimum Gasteiger partial charge on any atom is -0.326 e. The van der Waals surface area contributed by atoms with Gasteiger partial charge in [0, 0.05) is 31.5 Å². The van der Waals surface area contributed by atoms with E-state index in [2.05, 4.69) is 15.1 Å². The third-order valence-electron chi connectivity index (χ3n) is 2.72. The summed E-state index contributed by atoms with van der Waals surface area (Å²) in [6.45, 7) is 3.04. The van der Waals surface area contributed by atoms with E-state index >= 15 is 0 Å². The van der Waals surface area contributed by atoms with Gasteiger partial charge in [-0.15, -0.1) is 0 Å². The molecule has 7 nitrogen and oxygen atoms in total. The molecule has 0 aliphatic rings. The zero-order valence-electron chi connectivity index (χ0n) is 11.9. The Morgan fingerprint density at radius 3 is 2.24 bits per heavy atom. The number of anilines is 2. The van der Waals surface area contributed by atoms with E-state index in [-0.39, 0.29) is 10.8 Å². The summed E-state index contributed by atoms with van der Waals surface area (Å²) in [5.74, 6) is -0.186. The molecule has 0 aliphatic carbocycles. The van der Waals surface area contributed by atoms with Crippen LogP contribution in [0.1, 0.15) is 12.6 Å². The molecule has 1 heterocycles. The van der Waals surface area contributed by atoms with Crippen LogP contribution in [0.25, 0.3) is 0 Å². The van der Waals surface area contributed by atoms with Gasteiger partial charge in [0.15, 0.2) is 0 Å². The highest BCUT2D eigenvalue weighted by Gasteiger charge is 2.19. The van der Waals surface area contributed by atoms with Crippen molar-refractivity contribution in [3.8, 4) is 0 Å². The molecule has 2 N–H and O–H groups in total. The number of hydrogen-bond acceptors (Lipinski definition) is 4. The maximum absolute atomic E-state index is 12.3. The van der Waals surface area contributed by atoms with Gasteiger partial charge in [-0.1, -0.05) is 0 Å². The number of hydrogen-bond donors (Lipinski definition) is 2. The van der Waals surface area contributed by atoms with Gasteiger partial charge in [0.25, 0.3) is 10.0 Å². The molecule has 0 saturated heterocycles. The molecule has 2 rings (SSSR count). The van der Waals surface area contributed by atoms with E-state index < -0.39 is 10.0 Å². The highest BCUT2D eigenvalue weighted by atomic mass is 32.2. The Labute approximate surface area is 123 Å². The molecule has 0 radical (unpaired) electrons. The van der Waals surface area contributed by atoms with Crippen molar-refractivity contribution >= 4 is 27.3 Å². The molecule has 1 aromatic carbocycles. The smallest absolute Gasteiger partial charge is 0.265 e. The molecule has 0 saturated carbocycles. The van der Waals surface area contributed by atoms with Gasteiger partial charge in [-0.05, 0) is 31.2 Å². The Balaban J connectivity index is 2.21. The number of sulfonamides is 1. The van der Waals surface area contributed by atoms with Crippen molar-refractivity contribution in [1.29, 1.82) is 0 Å². The largest absolute Gasteiger partial charge is 0.326 e. The van der Waals surface area contributed by atoms with Crippen LogP contribution in [0.2, 0.25) is 0 Å². The summed E-state index contributed by atoms with van der Waals surface area (Å²) in [5, 5.41) is 6.63. The average Bonchev–Trinajstić information content (AvgIpc) is 2.71. The van der Waals surface area contributed by atoms with Crippen LogP contribution in [-0.2, 0) is 21.9 Å². The summed E-state index contributed by atoms with van der Waals surface area (Å²) < 4.78 is 28.5. The summed E-state index contributed by atoms with van der Waals surface area (Å²) >= 11 is 0. The number of rotatable bonds is 4. The van der Waals surface area contributed by atoms with E-state index in [0.29, 0.717) is 17.1 Å². The van der Waals surface area contributed by atoms with E-state index in [9.17, 15) is 13.2 Å². The minimum absolute atomic E-state index is 0.135. The Kier molecular flexibility index (Phi) is 3.99. The summed E-state index contributed by atoms with van der Waals surface area (Å²) in [4.78, 5) is 11.1. The quantitative estimate of drug-likeness (QED) is 0.895. The topological polar surface area (TPSA) is 93.1 Å². The predicted octanol–water partition coefficient (Wildman–Crippen LogP) is 1.49. The van der Waals surface area contributed by atoms with Gasteiger partial charge in [0.1, 0.15) is 4.90 Å². The van der Waals surface area contributed by atoms with Crippen LogP contribution in [0.15, 0.2) is 35.4 Å². The van der Waals surface area contributed by atoms with Crippen LogP contribution >= 0.6 is 0 Å². The molecule has 8 heteroatoms. The van der Waals surface area contributed by atoms with Crippen LogP contribution in [0, 0.1) is 6.92 Å². The summed E-state index contributed by atoms with van der Waals surface area (Å²) in [6.07, 6.45) is 1.45. The van der Waals surface area contributed by atoms with E-state index in [1.54, 1.807) is 38.2 Å². The molecule has 112 valence electrons. The third kappa shape index (κ3) is 3.60. The maximum Gasteiger partial charge on any atom is 0.265 e. The molecule has 0 fully saturated rings. The summed E-state index contributed by atoms with van der Waals surface area (Å²) in [5.41, 5.74) is 1.44. The Morgan fingerprint density at radius 2 is 1.76 bits per heavy atom. The van der Waals surface area contributed by atoms with Crippen LogP contribution < -0.4 is 10.0 Å². The maximum atomic E-state index is 12.3. The first kappa shape index (κ1) is 15.0. The molecule has 0 unspecified atom stereocenters. The monoisotopic (exact) mass is 308 g/mol. The first-order valence-corrected chi connectivity index (χ1v) is 7.67. The zero-order chi connectivity index (χ0) is 15.6. The Morgan fingerprint density at radius 1 is 1.19 bits per heavy atom. The second-order valence-electron chi connectivity index (χ2n) is 4.62. The van der Waals surface area contributed by atoms with Gasteiger partial charge in [0.05, 0.1) is 5.69 Å². The fourth-order valence-corrected chi connectivity index (χ4v) is 3.15. The molecule has 21 heavy (non-hydrogen) atoms. The van der Waals surface area contributed by atoms with Crippen LogP contribution in [0.3, 0.4) is 0 Å². The lowest BCUT2D eigenvalue weighted by molar-refractivity contribution is -0.114. The van der Waals surface area contributed by atoms with E-state index in [4.69, 9.17) is 0 Å². The van der Waals surface area contributed by atoms with E-state index in [1.807, 2.05) is 0 Å². The summed E-state index contributed by atoms with van der Waals surface area (Å²) in [6, 6.07) is 6.40. The standard InChI is InChI=1S/C13H16N4O3S/c1-9-13(8-17(3)15-9)21(19,20)16-12-6-4-11(5-7-12)14-10(2)18/h4-8,16H,1-3H3,(H,14,18). The van der Waals surface area contributed by atoms with Crippen molar-refractivity contribution < 1.29 is 13.2 Å². The second kappa shape index (κ2) is 5.57. The average molecular weight is 308 g/mol. The molecule has 0 aliphatic heterocycles. The predicted molar refractivity (Wildman–Crippen MR) is 79.5 cm³/mol. The van der Waals surface area contributed by atoms with Crippen molar-refractivity contribution in [2.24, 2.45) is 7.05 Å². The van der Waals surface area contributed by atoms with Crippen molar-refractivity contribution in [2.45, 2.75) is 18.7 Å². The van der Waals surface area contributed by atoms with Gasteiger partial charge >= 0.3 is 0 Å². The van der Waals surface area contributed by atoms with Gasteiger partial charge in [-0.25, -0.2) is 8.42 Å². The van der Waals surface area contributed by atoms with Gasteiger partial charge < -0.3 is 5.32 Å². The molecule has 0 bridgehead atoms. The first-order chi connectivity index (χ1) is 9.78. The third-order valence-corrected chi connectivity index (χ3v) is 4.20. The fraction of sp³-hybridized carbons (Fsp3) is 0.231. The number of carbonyl (C=O) groups is 1. The second-order valence-corrected chi connectivity index (χ2v) is 6.27. The molecule has 0 spiro atoms. The normalized spacial score (nSPS) is 11.2. The highest BCUT2D eigenvalue weighted by molar-refractivity contribution is 7.92. The number of aromatic nitrogens is 2. The van der Waals surface area contributed by atoms with Crippen molar-refractivity contribution in [3.63, 3.8) is 0 Å². The number of nitrogens with one attached hydrogen (secondary N) is 2. The lowest BCUT2D eigenvalue weighted by atomic mass is 10.3. The molecular weight excluding hydrogens is 292 g/mol. The van der Waals surface area contributed by atoms with E-state index in [1.165, 1.54) is 17.8 Å². The summed E-state index contributed by atoms with van der Waals surface area (Å²) in [7, 11) is -2.02. The van der Waals surface area contributed by atoms with Crippen molar-refractivity contribution in [3.05, 3.63) is 36.2 Å². The lowest BCUT2D eigenvalue weighted by Crippen LogP contribution is -2.13. The molecule has 0 atom stereocenters. The molecule has 1 aromatic heterocycles. The van der Waals surface area contributed by atoms with E-state index in [0.717, 1.165) is 0 Å². The number of amides is 1. The molecule has 1 amide bonds. The van der Waals surface area contributed by atoms with Crippen LogP contribution in [0.5, 0.6) is 0 Å². The van der Waals surface area contributed by atoms with Crippen molar-refractivity contribution in [1.82, 2.24) is 9.78 Å². The lowest BCUT2D eigenvalue weighted by Gasteiger charge is -2.08. The molecule has 2 aromatic rings. The van der Waals surface area contributed by atoms with Crippen molar-refractivity contribution in [2.75, 3.05) is 10.0 Å². The Bertz CT molecular complexity index is 763. The molecular formula is C13H16N4O3S.